The van der Waals surface area contributed by atoms with E-state index in [0.717, 1.165) is 6.07 Å². The fourth-order valence-corrected chi connectivity index (χ4v) is 1.93. The van der Waals surface area contributed by atoms with Crippen molar-refractivity contribution >= 4 is 11.7 Å². The molecular formula is C16H15F3N2O2. The zero-order chi connectivity index (χ0) is 17.0. The van der Waals surface area contributed by atoms with E-state index in [1.807, 2.05) is 0 Å². The van der Waals surface area contributed by atoms with Crippen LogP contribution in [0.4, 0.5) is 23.7 Å². The van der Waals surface area contributed by atoms with Crippen molar-refractivity contribution in [3.05, 3.63) is 65.5 Å². The second-order valence-corrected chi connectivity index (χ2v) is 5.19. The molecule has 2 aromatic rings. The van der Waals surface area contributed by atoms with Gasteiger partial charge >= 0.3 is 6.03 Å². The third-order valence-corrected chi connectivity index (χ3v) is 3.26. The zero-order valence-corrected chi connectivity index (χ0v) is 12.2. The van der Waals surface area contributed by atoms with Crippen molar-refractivity contribution in [1.82, 2.24) is 5.32 Å². The first-order valence-electron chi connectivity index (χ1n) is 6.77. The van der Waals surface area contributed by atoms with Crippen LogP contribution >= 0.6 is 0 Å². The maximum Gasteiger partial charge on any atom is 0.319 e. The van der Waals surface area contributed by atoms with Gasteiger partial charge in [-0.1, -0.05) is 18.2 Å². The maximum absolute atomic E-state index is 13.4. The summed E-state index contributed by atoms with van der Waals surface area (Å²) < 4.78 is 39.4. The average molecular weight is 324 g/mol. The van der Waals surface area contributed by atoms with Crippen LogP contribution in [0.1, 0.15) is 12.5 Å². The summed E-state index contributed by atoms with van der Waals surface area (Å²) in [5.74, 6) is -2.70. The highest BCUT2D eigenvalue weighted by Gasteiger charge is 2.24. The molecule has 0 fully saturated rings. The smallest absolute Gasteiger partial charge is 0.319 e. The van der Waals surface area contributed by atoms with Crippen molar-refractivity contribution in [3.8, 4) is 0 Å². The minimum atomic E-state index is -1.45. The number of aliphatic hydroxyl groups is 1. The van der Waals surface area contributed by atoms with Crippen LogP contribution in [-0.4, -0.2) is 17.7 Å². The second-order valence-electron chi connectivity index (χ2n) is 5.19. The highest BCUT2D eigenvalue weighted by molar-refractivity contribution is 5.89. The summed E-state index contributed by atoms with van der Waals surface area (Å²) in [5, 5.41) is 14.8. The van der Waals surface area contributed by atoms with Crippen LogP contribution < -0.4 is 10.6 Å². The van der Waals surface area contributed by atoms with Crippen LogP contribution in [-0.2, 0) is 5.60 Å². The van der Waals surface area contributed by atoms with Crippen LogP contribution in [0.5, 0.6) is 0 Å². The molecule has 2 aromatic carbocycles. The standard InChI is InChI=1S/C16H15F3N2O2/c1-16(23,10-5-7-11(17)8-6-10)9-20-15(22)21-13-4-2-3-12(18)14(13)19/h2-8,23H,9H2,1H3,(H2,20,21,22). The van der Waals surface area contributed by atoms with Gasteiger partial charge in [0, 0.05) is 0 Å². The van der Waals surface area contributed by atoms with Crippen molar-refractivity contribution in [2.75, 3.05) is 11.9 Å². The molecule has 0 aromatic heterocycles. The number of nitrogens with one attached hydrogen (secondary N) is 2. The van der Waals surface area contributed by atoms with Gasteiger partial charge < -0.3 is 15.7 Å². The lowest BCUT2D eigenvalue weighted by Gasteiger charge is -2.24. The van der Waals surface area contributed by atoms with Crippen LogP contribution in [0.3, 0.4) is 0 Å². The maximum atomic E-state index is 13.4. The summed E-state index contributed by atoms with van der Waals surface area (Å²) in [7, 11) is 0. The number of amides is 2. The number of rotatable bonds is 4. The Labute approximate surface area is 131 Å². The van der Waals surface area contributed by atoms with Crippen LogP contribution in [0, 0.1) is 17.5 Å². The Hall–Kier alpha value is -2.54. The number of benzene rings is 2. The molecule has 0 heterocycles. The molecule has 0 spiro atoms. The first kappa shape index (κ1) is 16.8. The lowest BCUT2D eigenvalue weighted by Crippen LogP contribution is -2.40. The van der Waals surface area contributed by atoms with Crippen LogP contribution in [0.25, 0.3) is 0 Å². The van der Waals surface area contributed by atoms with E-state index >= 15 is 0 Å². The van der Waals surface area contributed by atoms with Crippen molar-refractivity contribution in [1.29, 1.82) is 0 Å². The molecule has 122 valence electrons. The summed E-state index contributed by atoms with van der Waals surface area (Å²) in [6.07, 6.45) is 0. The normalized spacial score (nSPS) is 13.3. The first-order valence-corrected chi connectivity index (χ1v) is 6.77. The minimum absolute atomic E-state index is 0.207. The predicted octanol–water partition coefficient (Wildman–Crippen LogP) is 3.13. The molecule has 0 aliphatic heterocycles. The van der Waals surface area contributed by atoms with Crippen molar-refractivity contribution in [2.24, 2.45) is 0 Å². The molecule has 3 N–H and O–H groups in total. The van der Waals surface area contributed by atoms with E-state index in [1.165, 1.54) is 43.3 Å². The van der Waals surface area contributed by atoms with Gasteiger partial charge in [0.05, 0.1) is 12.2 Å². The highest BCUT2D eigenvalue weighted by Crippen LogP contribution is 2.20. The molecule has 1 unspecified atom stereocenters. The van der Waals surface area contributed by atoms with Crippen molar-refractivity contribution < 1.29 is 23.1 Å². The number of carbonyl (C=O) groups is 1. The average Bonchev–Trinajstić information content (AvgIpc) is 2.50. The molecule has 4 nitrogen and oxygen atoms in total. The minimum Gasteiger partial charge on any atom is -0.384 e. The van der Waals surface area contributed by atoms with E-state index in [-0.39, 0.29) is 12.2 Å². The third-order valence-electron chi connectivity index (χ3n) is 3.26. The van der Waals surface area contributed by atoms with E-state index in [2.05, 4.69) is 10.6 Å². The van der Waals surface area contributed by atoms with Gasteiger partial charge in [-0.2, -0.15) is 0 Å². The largest absolute Gasteiger partial charge is 0.384 e. The predicted molar refractivity (Wildman–Crippen MR) is 79.4 cm³/mol. The molecule has 0 saturated carbocycles. The van der Waals surface area contributed by atoms with Crippen molar-refractivity contribution in [2.45, 2.75) is 12.5 Å². The van der Waals surface area contributed by atoms with Crippen LogP contribution in [0.2, 0.25) is 0 Å². The fraction of sp³-hybridized carbons (Fsp3) is 0.188. The summed E-state index contributed by atoms with van der Waals surface area (Å²) in [6.45, 7) is 1.23. The molecular weight excluding hydrogens is 309 g/mol. The Morgan fingerprint density at radius 1 is 1.13 bits per heavy atom. The molecule has 23 heavy (non-hydrogen) atoms. The molecule has 2 amide bonds. The van der Waals surface area contributed by atoms with Crippen molar-refractivity contribution in [3.63, 3.8) is 0 Å². The van der Waals surface area contributed by atoms with Crippen LogP contribution in [0.15, 0.2) is 42.5 Å². The highest BCUT2D eigenvalue weighted by atomic mass is 19.2. The molecule has 2 rings (SSSR count). The van der Waals surface area contributed by atoms with Gasteiger partial charge in [-0.15, -0.1) is 0 Å². The molecule has 0 bridgehead atoms. The quantitative estimate of drug-likeness (QED) is 0.809. The molecule has 1 atom stereocenters. The number of carbonyl (C=O) groups excluding carboxylic acids is 1. The van der Waals surface area contributed by atoms with Gasteiger partial charge in [-0.3, -0.25) is 0 Å². The fourth-order valence-electron chi connectivity index (χ4n) is 1.93. The molecule has 7 heteroatoms. The second kappa shape index (κ2) is 6.70. The van der Waals surface area contributed by atoms with Gasteiger partial charge in [0.2, 0.25) is 0 Å². The SMILES string of the molecule is CC(O)(CNC(=O)Nc1cccc(F)c1F)c1ccc(F)cc1. The van der Waals surface area contributed by atoms with Gasteiger partial charge in [0.25, 0.3) is 0 Å². The summed E-state index contributed by atoms with van der Waals surface area (Å²) in [4.78, 5) is 11.7. The Balaban J connectivity index is 1.98. The number of anilines is 1. The molecule has 0 aliphatic rings. The number of urea groups is 1. The third kappa shape index (κ3) is 4.23. The summed E-state index contributed by atoms with van der Waals surface area (Å²) in [6, 6.07) is 7.73. The molecule has 0 saturated heterocycles. The molecule has 0 radical (unpaired) electrons. The van der Waals surface area contributed by atoms with Gasteiger partial charge in [0.15, 0.2) is 11.6 Å². The molecule has 0 aliphatic carbocycles. The monoisotopic (exact) mass is 324 g/mol. The van der Waals surface area contributed by atoms with E-state index in [0.29, 0.717) is 5.56 Å². The Morgan fingerprint density at radius 2 is 1.78 bits per heavy atom. The van der Waals surface area contributed by atoms with E-state index in [4.69, 9.17) is 0 Å². The lowest BCUT2D eigenvalue weighted by molar-refractivity contribution is 0.0599. The number of hydrogen-bond donors (Lipinski definition) is 3. The van der Waals surface area contributed by atoms with Gasteiger partial charge in [-0.05, 0) is 36.8 Å². The zero-order valence-electron chi connectivity index (χ0n) is 12.2. The Kier molecular flexibility index (Phi) is 4.90. The Morgan fingerprint density at radius 3 is 2.43 bits per heavy atom. The Bertz CT molecular complexity index is 703. The van der Waals surface area contributed by atoms with E-state index in [1.54, 1.807) is 0 Å². The first-order chi connectivity index (χ1) is 10.8. The van der Waals surface area contributed by atoms with Gasteiger partial charge in [-0.25, -0.2) is 18.0 Å². The van der Waals surface area contributed by atoms with E-state index < -0.39 is 29.1 Å². The van der Waals surface area contributed by atoms with Gasteiger partial charge in [0.1, 0.15) is 11.4 Å². The number of hydrogen-bond acceptors (Lipinski definition) is 2. The number of halogens is 3. The lowest BCUT2D eigenvalue weighted by atomic mass is 9.96. The summed E-state index contributed by atoms with van der Waals surface area (Å²) >= 11 is 0. The topological polar surface area (TPSA) is 61.4 Å². The van der Waals surface area contributed by atoms with E-state index in [9.17, 15) is 23.1 Å². The summed E-state index contributed by atoms with van der Waals surface area (Å²) in [5.41, 5.74) is -1.37.